The largest absolute Gasteiger partial charge is 0.350 e. The fourth-order valence-corrected chi connectivity index (χ4v) is 2.52. The molecule has 0 spiro atoms. The minimum absolute atomic E-state index is 0.747. The van der Waals surface area contributed by atoms with Gasteiger partial charge in [-0.05, 0) is 35.9 Å². The molecule has 3 aromatic rings. The van der Waals surface area contributed by atoms with Crippen molar-refractivity contribution in [3.05, 3.63) is 58.7 Å². The number of rotatable bonds is 1. The third-order valence-electron chi connectivity index (χ3n) is 3.11. The first-order chi connectivity index (χ1) is 8.65. The van der Waals surface area contributed by atoms with Gasteiger partial charge in [-0.15, -0.1) is 0 Å². The van der Waals surface area contributed by atoms with Gasteiger partial charge in [0.15, 0.2) is 0 Å². The van der Waals surface area contributed by atoms with Crippen LogP contribution < -0.4 is 0 Å². The third-order valence-corrected chi connectivity index (χ3v) is 3.59. The molecule has 3 rings (SSSR count). The monoisotopic (exact) mass is 275 g/mol. The molecule has 1 nitrogen and oxygen atoms in total. The molecule has 0 atom stereocenters. The summed E-state index contributed by atoms with van der Waals surface area (Å²) in [5.41, 5.74) is 3.49. The second kappa shape index (κ2) is 4.34. The number of fused-ring (bicyclic) bond motifs is 1. The molecule has 0 radical (unpaired) electrons. The predicted molar refractivity (Wildman–Crippen MR) is 78.4 cm³/mol. The summed E-state index contributed by atoms with van der Waals surface area (Å²) in [7, 11) is 2.04. The first kappa shape index (κ1) is 11.6. The number of halogens is 2. The van der Waals surface area contributed by atoms with Crippen LogP contribution in [0.4, 0.5) is 0 Å². The smallest absolute Gasteiger partial charge is 0.0485 e. The van der Waals surface area contributed by atoms with Gasteiger partial charge in [-0.25, -0.2) is 0 Å². The Kier molecular flexibility index (Phi) is 2.81. The zero-order chi connectivity index (χ0) is 12.7. The van der Waals surface area contributed by atoms with Gasteiger partial charge >= 0.3 is 0 Å². The van der Waals surface area contributed by atoms with E-state index in [2.05, 4.69) is 10.8 Å². The van der Waals surface area contributed by atoms with Gasteiger partial charge in [-0.3, -0.25) is 0 Å². The van der Waals surface area contributed by atoms with Crippen LogP contribution in [-0.2, 0) is 7.05 Å². The molecule has 0 bridgehead atoms. The fourth-order valence-electron chi connectivity index (χ4n) is 2.22. The van der Waals surface area contributed by atoms with Crippen LogP contribution in [0.15, 0.2) is 48.7 Å². The molecular formula is C15H11Cl2N. The number of hydrogen-bond donors (Lipinski definition) is 0. The van der Waals surface area contributed by atoms with Crippen molar-refractivity contribution in [2.45, 2.75) is 0 Å². The summed E-state index contributed by atoms with van der Waals surface area (Å²) in [6.07, 6.45) is 2.12. The van der Waals surface area contributed by atoms with E-state index in [1.165, 1.54) is 11.1 Å². The van der Waals surface area contributed by atoms with Crippen molar-refractivity contribution in [2.24, 2.45) is 7.05 Å². The molecular weight excluding hydrogens is 265 g/mol. The molecule has 0 fully saturated rings. The Hall–Kier alpha value is -1.44. The van der Waals surface area contributed by atoms with Crippen molar-refractivity contribution in [3.63, 3.8) is 0 Å². The Bertz CT molecular complexity index is 711. The summed E-state index contributed by atoms with van der Waals surface area (Å²) in [4.78, 5) is 0. The lowest BCUT2D eigenvalue weighted by Crippen LogP contribution is -1.82. The minimum atomic E-state index is 0.747. The van der Waals surface area contributed by atoms with Crippen LogP contribution in [0.25, 0.3) is 22.0 Å². The molecule has 0 saturated heterocycles. The van der Waals surface area contributed by atoms with Crippen LogP contribution in [0.5, 0.6) is 0 Å². The first-order valence-electron chi connectivity index (χ1n) is 5.66. The molecule has 0 unspecified atom stereocenters. The molecule has 3 heteroatoms. The van der Waals surface area contributed by atoms with E-state index in [1.54, 1.807) is 0 Å². The van der Waals surface area contributed by atoms with Crippen LogP contribution in [0.3, 0.4) is 0 Å². The van der Waals surface area contributed by atoms with Crippen LogP contribution in [0, 0.1) is 0 Å². The summed E-state index contributed by atoms with van der Waals surface area (Å²) in [6.45, 7) is 0. The molecule has 0 aliphatic rings. The van der Waals surface area contributed by atoms with E-state index < -0.39 is 0 Å². The molecule has 2 aromatic carbocycles. The number of aromatic nitrogens is 1. The zero-order valence-electron chi connectivity index (χ0n) is 9.82. The standard InChI is InChI=1S/C15H11Cl2N/c1-18-9-14(10-2-4-11(16)5-3-10)13-8-12(17)6-7-15(13)18/h2-9H,1H3. The van der Waals surface area contributed by atoms with Crippen molar-refractivity contribution >= 4 is 34.1 Å². The van der Waals surface area contributed by atoms with E-state index in [4.69, 9.17) is 23.2 Å². The van der Waals surface area contributed by atoms with Gasteiger partial charge < -0.3 is 4.57 Å². The summed E-state index contributed by atoms with van der Waals surface area (Å²) in [5, 5.41) is 2.66. The van der Waals surface area contributed by atoms with Gasteiger partial charge in [0.1, 0.15) is 0 Å². The van der Waals surface area contributed by atoms with Crippen molar-refractivity contribution < 1.29 is 0 Å². The highest BCUT2D eigenvalue weighted by atomic mass is 35.5. The maximum atomic E-state index is 6.08. The van der Waals surface area contributed by atoms with E-state index >= 15 is 0 Å². The maximum absolute atomic E-state index is 6.08. The van der Waals surface area contributed by atoms with Gasteiger partial charge in [0.2, 0.25) is 0 Å². The summed E-state index contributed by atoms with van der Waals surface area (Å²) in [6, 6.07) is 13.8. The average molecular weight is 276 g/mol. The van der Waals surface area contributed by atoms with Gasteiger partial charge in [-0.2, -0.15) is 0 Å². The van der Waals surface area contributed by atoms with Crippen LogP contribution in [0.1, 0.15) is 0 Å². The van der Waals surface area contributed by atoms with E-state index in [0.29, 0.717) is 0 Å². The zero-order valence-corrected chi connectivity index (χ0v) is 11.3. The van der Waals surface area contributed by atoms with Crippen molar-refractivity contribution in [1.29, 1.82) is 0 Å². The first-order valence-corrected chi connectivity index (χ1v) is 6.41. The molecule has 1 heterocycles. The quantitative estimate of drug-likeness (QED) is 0.579. The Morgan fingerprint density at radius 2 is 1.56 bits per heavy atom. The third kappa shape index (κ3) is 1.90. The summed E-state index contributed by atoms with van der Waals surface area (Å²) >= 11 is 12.0. The summed E-state index contributed by atoms with van der Waals surface area (Å²) in [5.74, 6) is 0. The molecule has 0 N–H and O–H groups in total. The lowest BCUT2D eigenvalue weighted by Gasteiger charge is -2.00. The minimum Gasteiger partial charge on any atom is -0.350 e. The van der Waals surface area contributed by atoms with Gasteiger partial charge in [0, 0.05) is 39.8 Å². The number of hydrogen-bond acceptors (Lipinski definition) is 0. The second-order valence-electron chi connectivity index (χ2n) is 4.32. The number of aryl methyl sites for hydroxylation is 1. The topological polar surface area (TPSA) is 4.93 Å². The van der Waals surface area contributed by atoms with E-state index in [0.717, 1.165) is 21.0 Å². The fraction of sp³-hybridized carbons (Fsp3) is 0.0667. The summed E-state index contributed by atoms with van der Waals surface area (Å²) < 4.78 is 2.11. The average Bonchev–Trinajstić information content (AvgIpc) is 2.67. The van der Waals surface area contributed by atoms with Crippen molar-refractivity contribution in [2.75, 3.05) is 0 Å². The molecule has 0 aliphatic heterocycles. The van der Waals surface area contributed by atoms with E-state index in [9.17, 15) is 0 Å². The van der Waals surface area contributed by atoms with Crippen LogP contribution >= 0.6 is 23.2 Å². The maximum Gasteiger partial charge on any atom is 0.0485 e. The van der Waals surface area contributed by atoms with E-state index in [-0.39, 0.29) is 0 Å². The normalized spacial score (nSPS) is 11.1. The molecule has 90 valence electrons. The Morgan fingerprint density at radius 1 is 0.889 bits per heavy atom. The molecule has 0 aliphatic carbocycles. The van der Waals surface area contributed by atoms with Gasteiger partial charge in [0.25, 0.3) is 0 Å². The SMILES string of the molecule is Cn1cc(-c2ccc(Cl)cc2)c2cc(Cl)ccc21. The second-order valence-corrected chi connectivity index (χ2v) is 5.19. The van der Waals surface area contributed by atoms with Crippen LogP contribution in [-0.4, -0.2) is 4.57 Å². The highest BCUT2D eigenvalue weighted by Gasteiger charge is 2.08. The Labute approximate surface area is 116 Å². The van der Waals surface area contributed by atoms with Gasteiger partial charge in [0.05, 0.1) is 0 Å². The molecule has 0 saturated carbocycles. The van der Waals surface area contributed by atoms with Crippen molar-refractivity contribution in [3.8, 4) is 11.1 Å². The van der Waals surface area contributed by atoms with Crippen molar-refractivity contribution in [1.82, 2.24) is 4.57 Å². The molecule has 18 heavy (non-hydrogen) atoms. The highest BCUT2D eigenvalue weighted by Crippen LogP contribution is 2.32. The van der Waals surface area contributed by atoms with Gasteiger partial charge in [-0.1, -0.05) is 35.3 Å². The number of nitrogens with zero attached hydrogens (tertiary/aromatic N) is 1. The Balaban J connectivity index is 2.28. The predicted octanol–water partition coefficient (Wildman–Crippen LogP) is 5.15. The Morgan fingerprint density at radius 3 is 2.28 bits per heavy atom. The highest BCUT2D eigenvalue weighted by molar-refractivity contribution is 6.31. The molecule has 0 amide bonds. The van der Waals surface area contributed by atoms with Crippen LogP contribution in [0.2, 0.25) is 10.0 Å². The molecule has 1 aromatic heterocycles. The lowest BCUT2D eigenvalue weighted by atomic mass is 10.1. The lowest BCUT2D eigenvalue weighted by molar-refractivity contribution is 0.970. The number of benzene rings is 2. The van der Waals surface area contributed by atoms with E-state index in [1.807, 2.05) is 49.5 Å².